The van der Waals surface area contributed by atoms with Crippen LogP contribution in [0.3, 0.4) is 0 Å². The van der Waals surface area contributed by atoms with E-state index in [9.17, 15) is 0 Å². The number of nitrogens with zero attached hydrogens (tertiary/aromatic N) is 1. The highest BCUT2D eigenvalue weighted by atomic mass is 79.9. The minimum Gasteiger partial charge on any atom is -0.308 e. The van der Waals surface area contributed by atoms with Crippen molar-refractivity contribution in [1.82, 2.24) is 5.43 Å². The van der Waals surface area contributed by atoms with Crippen molar-refractivity contribution >= 4 is 33.1 Å². The Morgan fingerprint density at radius 1 is 1.69 bits per heavy atom. The Hall–Kier alpha value is -0.390. The number of rotatable bonds is 2. The fourth-order valence-electron chi connectivity index (χ4n) is 1.02. The first-order chi connectivity index (χ1) is 6.29. The van der Waals surface area contributed by atoms with Gasteiger partial charge < -0.3 is 5.43 Å². The molecule has 1 aromatic heterocycles. The first-order valence-corrected chi connectivity index (χ1v) is 5.75. The van der Waals surface area contributed by atoms with Crippen molar-refractivity contribution < 1.29 is 0 Å². The molecule has 0 spiro atoms. The number of aliphatic imine (C=N–C) groups is 1. The molecule has 0 atom stereocenters. The van der Waals surface area contributed by atoms with Gasteiger partial charge in [-0.3, -0.25) is 4.99 Å². The van der Waals surface area contributed by atoms with Gasteiger partial charge in [0.15, 0.2) is 0 Å². The minimum atomic E-state index is 0.490. The standard InChI is InChI=1S/C8H10BrN3S/c9-7-3-5(4-13-7)8(12-10)11-6-1-2-6/h3-4,6H,1-2,10H2,(H,11,12). The highest BCUT2D eigenvalue weighted by Crippen LogP contribution is 2.25. The Morgan fingerprint density at radius 2 is 2.46 bits per heavy atom. The maximum Gasteiger partial charge on any atom is 0.143 e. The van der Waals surface area contributed by atoms with E-state index in [2.05, 4.69) is 26.3 Å². The van der Waals surface area contributed by atoms with Gasteiger partial charge in [0, 0.05) is 10.9 Å². The molecule has 0 amide bonds. The first kappa shape index (κ1) is 9.18. The summed E-state index contributed by atoms with van der Waals surface area (Å²) in [6.45, 7) is 0. The summed E-state index contributed by atoms with van der Waals surface area (Å²) >= 11 is 5.04. The second-order valence-electron chi connectivity index (χ2n) is 2.99. The SMILES string of the molecule is NNC(=NC1CC1)c1csc(Br)c1. The van der Waals surface area contributed by atoms with E-state index in [1.54, 1.807) is 11.3 Å². The summed E-state index contributed by atoms with van der Waals surface area (Å²) in [5.74, 6) is 6.19. The summed E-state index contributed by atoms with van der Waals surface area (Å²) in [7, 11) is 0. The number of nitrogens with two attached hydrogens (primary N) is 1. The third-order valence-electron chi connectivity index (χ3n) is 1.84. The Morgan fingerprint density at radius 3 is 2.92 bits per heavy atom. The van der Waals surface area contributed by atoms with Crippen molar-refractivity contribution in [2.75, 3.05) is 0 Å². The lowest BCUT2D eigenvalue weighted by Gasteiger charge is -2.01. The lowest BCUT2D eigenvalue weighted by atomic mass is 10.3. The van der Waals surface area contributed by atoms with Gasteiger partial charge in [-0.25, -0.2) is 5.84 Å². The number of nitrogens with one attached hydrogen (secondary N) is 1. The van der Waals surface area contributed by atoms with E-state index in [1.807, 2.05) is 11.4 Å². The minimum absolute atomic E-state index is 0.490. The van der Waals surface area contributed by atoms with Gasteiger partial charge in [-0.2, -0.15) is 0 Å². The summed E-state index contributed by atoms with van der Waals surface area (Å²) in [4.78, 5) is 4.46. The highest BCUT2D eigenvalue weighted by Gasteiger charge is 2.21. The molecule has 1 saturated carbocycles. The number of hydrazine groups is 1. The van der Waals surface area contributed by atoms with Crippen LogP contribution in [0, 0.1) is 0 Å². The summed E-state index contributed by atoms with van der Waals surface area (Å²) < 4.78 is 1.10. The van der Waals surface area contributed by atoms with Crippen molar-refractivity contribution in [3.05, 3.63) is 20.8 Å². The molecular weight excluding hydrogens is 250 g/mol. The molecule has 0 aromatic carbocycles. The molecule has 3 nitrogen and oxygen atoms in total. The summed E-state index contributed by atoms with van der Waals surface area (Å²) in [5.41, 5.74) is 3.70. The topological polar surface area (TPSA) is 50.4 Å². The molecule has 5 heteroatoms. The monoisotopic (exact) mass is 259 g/mol. The number of amidine groups is 1. The van der Waals surface area contributed by atoms with Crippen LogP contribution in [0.4, 0.5) is 0 Å². The zero-order valence-electron chi connectivity index (χ0n) is 6.96. The van der Waals surface area contributed by atoms with Crippen LogP contribution >= 0.6 is 27.3 Å². The van der Waals surface area contributed by atoms with Crippen LogP contribution in [0.2, 0.25) is 0 Å². The fraction of sp³-hybridized carbons (Fsp3) is 0.375. The van der Waals surface area contributed by atoms with Crippen molar-refractivity contribution in [3.8, 4) is 0 Å². The Kier molecular flexibility index (Phi) is 2.66. The number of hydrogen-bond acceptors (Lipinski definition) is 3. The zero-order chi connectivity index (χ0) is 9.26. The van der Waals surface area contributed by atoms with Crippen LogP contribution in [0.5, 0.6) is 0 Å². The van der Waals surface area contributed by atoms with Crippen molar-refractivity contribution in [1.29, 1.82) is 0 Å². The van der Waals surface area contributed by atoms with Crippen LogP contribution < -0.4 is 11.3 Å². The van der Waals surface area contributed by atoms with E-state index in [1.165, 1.54) is 12.8 Å². The van der Waals surface area contributed by atoms with Crippen molar-refractivity contribution in [2.24, 2.45) is 10.8 Å². The molecule has 2 rings (SSSR count). The molecule has 13 heavy (non-hydrogen) atoms. The largest absolute Gasteiger partial charge is 0.308 e. The Labute approximate surface area is 89.1 Å². The van der Waals surface area contributed by atoms with Gasteiger partial charge in [-0.1, -0.05) is 0 Å². The molecule has 0 unspecified atom stereocenters. The van der Waals surface area contributed by atoms with E-state index in [0.29, 0.717) is 6.04 Å². The molecule has 0 aliphatic heterocycles. The van der Waals surface area contributed by atoms with Gasteiger partial charge in [0.05, 0.1) is 9.83 Å². The third-order valence-corrected chi connectivity index (χ3v) is 3.34. The third kappa shape index (κ3) is 2.30. The second kappa shape index (κ2) is 3.77. The average molecular weight is 260 g/mol. The molecule has 1 aliphatic rings. The predicted molar refractivity (Wildman–Crippen MR) is 58.9 cm³/mol. The highest BCUT2D eigenvalue weighted by molar-refractivity contribution is 9.11. The number of thiophene rings is 1. The molecule has 3 N–H and O–H groups in total. The Bertz CT molecular complexity index is 330. The first-order valence-electron chi connectivity index (χ1n) is 4.08. The second-order valence-corrected chi connectivity index (χ2v) is 5.28. The van der Waals surface area contributed by atoms with Crippen LogP contribution in [0.1, 0.15) is 18.4 Å². The van der Waals surface area contributed by atoms with E-state index in [-0.39, 0.29) is 0 Å². The van der Waals surface area contributed by atoms with Gasteiger partial charge in [0.1, 0.15) is 5.84 Å². The number of hydrogen-bond donors (Lipinski definition) is 2. The van der Waals surface area contributed by atoms with Crippen LogP contribution in [0.15, 0.2) is 20.2 Å². The van der Waals surface area contributed by atoms with Crippen molar-refractivity contribution in [2.45, 2.75) is 18.9 Å². The molecule has 70 valence electrons. The summed E-state index contributed by atoms with van der Waals surface area (Å²) in [5, 5.41) is 2.03. The Balaban J connectivity index is 2.20. The van der Waals surface area contributed by atoms with Crippen molar-refractivity contribution in [3.63, 3.8) is 0 Å². The average Bonchev–Trinajstić information content (AvgIpc) is 2.84. The smallest absolute Gasteiger partial charge is 0.143 e. The number of halogens is 1. The summed E-state index contributed by atoms with van der Waals surface area (Å²) in [6.07, 6.45) is 2.38. The molecular formula is C8H10BrN3S. The van der Waals surface area contributed by atoms with Crippen LogP contribution in [-0.2, 0) is 0 Å². The van der Waals surface area contributed by atoms with E-state index >= 15 is 0 Å². The van der Waals surface area contributed by atoms with Gasteiger partial charge in [-0.05, 0) is 34.8 Å². The normalized spacial score (nSPS) is 17.5. The van der Waals surface area contributed by atoms with Gasteiger partial charge in [0.2, 0.25) is 0 Å². The molecule has 0 saturated heterocycles. The lowest BCUT2D eigenvalue weighted by Crippen LogP contribution is -2.31. The van der Waals surface area contributed by atoms with E-state index in [0.717, 1.165) is 15.2 Å². The van der Waals surface area contributed by atoms with E-state index < -0.39 is 0 Å². The molecule has 0 radical (unpaired) electrons. The zero-order valence-corrected chi connectivity index (χ0v) is 9.36. The maximum absolute atomic E-state index is 5.40. The van der Waals surface area contributed by atoms with Gasteiger partial charge in [0.25, 0.3) is 0 Å². The molecule has 1 aromatic rings. The maximum atomic E-state index is 5.40. The predicted octanol–water partition coefficient (Wildman–Crippen LogP) is 1.88. The summed E-state index contributed by atoms with van der Waals surface area (Å²) in [6, 6.07) is 2.51. The molecule has 1 heterocycles. The lowest BCUT2D eigenvalue weighted by molar-refractivity contribution is 0.972. The fourth-order valence-corrected chi connectivity index (χ4v) is 2.16. The molecule has 0 bridgehead atoms. The van der Waals surface area contributed by atoms with Gasteiger partial charge in [-0.15, -0.1) is 11.3 Å². The van der Waals surface area contributed by atoms with E-state index in [4.69, 9.17) is 5.84 Å². The van der Waals surface area contributed by atoms with Crippen LogP contribution in [0.25, 0.3) is 0 Å². The quantitative estimate of drug-likeness (QED) is 0.369. The van der Waals surface area contributed by atoms with Crippen LogP contribution in [-0.4, -0.2) is 11.9 Å². The van der Waals surface area contributed by atoms with Gasteiger partial charge >= 0.3 is 0 Å². The molecule has 1 fully saturated rings. The molecule has 1 aliphatic carbocycles.